The topological polar surface area (TPSA) is 30.7 Å². The van der Waals surface area contributed by atoms with Gasteiger partial charge in [0.1, 0.15) is 0 Å². The van der Waals surface area contributed by atoms with Crippen LogP contribution in [0.4, 0.5) is 0 Å². The summed E-state index contributed by atoms with van der Waals surface area (Å²) in [5, 5.41) is 3.78. The molecule has 3 aromatic heterocycles. The van der Waals surface area contributed by atoms with E-state index in [0.717, 1.165) is 43.8 Å². The molecule has 0 atom stereocenters. The summed E-state index contributed by atoms with van der Waals surface area (Å²) >= 11 is 1.79. The number of hydrogen-bond acceptors (Lipinski definition) is 3. The molecule has 2 bridgehead atoms. The highest BCUT2D eigenvalue weighted by molar-refractivity contribution is 7.26. The lowest BCUT2D eigenvalue weighted by Gasteiger charge is -2.30. The minimum absolute atomic E-state index is 0.0503. The first-order chi connectivity index (χ1) is 30.9. The Morgan fingerprint density at radius 1 is 0.492 bits per heavy atom. The lowest BCUT2D eigenvalue weighted by Crippen LogP contribution is -2.22. The fourth-order valence-electron chi connectivity index (χ4n) is 10.2. The maximum absolute atomic E-state index is 5.55. The van der Waals surface area contributed by atoms with Gasteiger partial charge < -0.3 is 4.57 Å². The predicted octanol–water partition coefficient (Wildman–Crippen LogP) is 17.1. The molecular formula is C61H57N3S. The van der Waals surface area contributed by atoms with Gasteiger partial charge in [-0.1, -0.05) is 191 Å². The number of benzene rings is 7. The van der Waals surface area contributed by atoms with Crippen molar-refractivity contribution in [3.8, 4) is 50.6 Å². The zero-order valence-corrected chi connectivity index (χ0v) is 40.4. The van der Waals surface area contributed by atoms with Gasteiger partial charge in [0.15, 0.2) is 5.82 Å². The zero-order chi connectivity index (χ0) is 45.4. The van der Waals surface area contributed by atoms with E-state index in [1.54, 1.807) is 11.3 Å². The summed E-state index contributed by atoms with van der Waals surface area (Å²) in [6.07, 6.45) is 0. The van der Waals surface area contributed by atoms with E-state index in [4.69, 9.17) is 9.97 Å². The van der Waals surface area contributed by atoms with Crippen LogP contribution in [0.15, 0.2) is 146 Å². The molecule has 322 valence electrons. The average Bonchev–Trinajstić information content (AvgIpc) is 3.83. The van der Waals surface area contributed by atoms with Gasteiger partial charge in [-0.3, -0.25) is 0 Å². The molecule has 4 heteroatoms. The van der Waals surface area contributed by atoms with Crippen LogP contribution in [0.5, 0.6) is 0 Å². The summed E-state index contributed by atoms with van der Waals surface area (Å²) in [5.41, 5.74) is 18.6. The molecule has 4 heterocycles. The molecule has 3 nitrogen and oxygen atoms in total. The smallest absolute Gasteiger partial charge is 0.160 e. The van der Waals surface area contributed by atoms with E-state index in [-0.39, 0.29) is 21.7 Å². The molecule has 0 radical (unpaired) electrons. The fourth-order valence-corrected chi connectivity index (χ4v) is 11.4. The SMILES string of the molecule is CC(C)(C)c1cc(C(C)(C)C)c2c(c1)c1cc(C(C)(C)C)cc3c1n2-c1c(-c2ccccc2)cc(-c2nc(-c4ccccc4)nc4c2sc2ccccc24)cc1-c1cccc(c1)C3(C)C. The van der Waals surface area contributed by atoms with E-state index < -0.39 is 0 Å². The standard InChI is InChI=1S/C61H57N3S/c1-58(2,3)41-32-46-47-33-42(59(4,5)6)35-49-55(47)64(54(46)48(34-41)60(7,8)9)53-44(36-21-14-12-15-22-36)30-39(31-45(53)38-25-20-26-40(29-38)61(49,10)11)51-56-52(43-27-18-19-28-50(43)65-56)63-57(62-51)37-23-16-13-17-24-37/h12-35H,1-11H3. The first-order valence-corrected chi connectivity index (χ1v) is 24.0. The van der Waals surface area contributed by atoms with Crippen LogP contribution in [0.1, 0.15) is 104 Å². The van der Waals surface area contributed by atoms with Crippen LogP contribution in [0.2, 0.25) is 0 Å². The molecule has 0 saturated carbocycles. The Bertz CT molecular complexity index is 3550. The second-order valence-electron chi connectivity index (χ2n) is 22.0. The molecule has 0 aliphatic carbocycles. The predicted molar refractivity (Wildman–Crippen MR) is 279 cm³/mol. The quantitative estimate of drug-likeness (QED) is 0.177. The molecule has 65 heavy (non-hydrogen) atoms. The van der Waals surface area contributed by atoms with Gasteiger partial charge in [-0.25, -0.2) is 9.97 Å². The Morgan fingerprint density at radius 2 is 1.08 bits per heavy atom. The van der Waals surface area contributed by atoms with Crippen molar-refractivity contribution in [1.29, 1.82) is 0 Å². The van der Waals surface area contributed by atoms with Crippen LogP contribution in [-0.2, 0) is 21.7 Å². The number of rotatable bonds is 3. The van der Waals surface area contributed by atoms with Gasteiger partial charge in [0.05, 0.1) is 32.6 Å². The summed E-state index contributed by atoms with van der Waals surface area (Å²) in [7, 11) is 0. The van der Waals surface area contributed by atoms with Gasteiger partial charge in [-0.05, 0) is 85.5 Å². The molecule has 0 amide bonds. The summed E-state index contributed by atoms with van der Waals surface area (Å²) in [4.78, 5) is 10.9. The van der Waals surface area contributed by atoms with Crippen molar-refractivity contribution in [2.24, 2.45) is 0 Å². The lowest BCUT2D eigenvalue weighted by atomic mass is 9.74. The first-order valence-electron chi connectivity index (χ1n) is 23.2. The van der Waals surface area contributed by atoms with Gasteiger partial charge in [0, 0.05) is 48.5 Å². The average molecular weight is 864 g/mol. The molecule has 10 aromatic rings. The number of nitrogens with zero attached hydrogens (tertiary/aromatic N) is 3. The van der Waals surface area contributed by atoms with Crippen molar-refractivity contribution >= 4 is 53.4 Å². The number of fused-ring (bicyclic) bond motifs is 11. The third-order valence-corrected chi connectivity index (χ3v) is 15.2. The normalized spacial score (nSPS) is 13.9. The third-order valence-electron chi connectivity index (χ3n) is 14.0. The van der Waals surface area contributed by atoms with Crippen LogP contribution < -0.4 is 0 Å². The second-order valence-corrected chi connectivity index (χ2v) is 23.0. The third kappa shape index (κ3) is 6.58. The fraction of sp³-hybridized carbons (Fsp3) is 0.246. The number of hydrogen-bond donors (Lipinski definition) is 0. The van der Waals surface area contributed by atoms with Crippen LogP contribution in [-0.4, -0.2) is 14.5 Å². The zero-order valence-electron chi connectivity index (χ0n) is 39.6. The summed E-state index contributed by atoms with van der Waals surface area (Å²) in [5.74, 6) is 0.733. The Hall–Kier alpha value is -6.36. The monoisotopic (exact) mass is 863 g/mol. The van der Waals surface area contributed by atoms with Crippen molar-refractivity contribution in [3.63, 3.8) is 0 Å². The van der Waals surface area contributed by atoms with Gasteiger partial charge in [-0.2, -0.15) is 0 Å². The summed E-state index contributed by atoms with van der Waals surface area (Å²) in [6, 6.07) is 54.6. The van der Waals surface area contributed by atoms with Crippen molar-refractivity contribution in [3.05, 3.63) is 173 Å². The Balaban J connectivity index is 1.39. The lowest BCUT2D eigenvalue weighted by molar-refractivity contribution is 0.572. The summed E-state index contributed by atoms with van der Waals surface area (Å²) in [6.45, 7) is 26.2. The minimum atomic E-state index is -0.339. The van der Waals surface area contributed by atoms with Crippen molar-refractivity contribution in [2.45, 2.75) is 97.8 Å². The van der Waals surface area contributed by atoms with Gasteiger partial charge >= 0.3 is 0 Å². The molecule has 0 saturated heterocycles. The van der Waals surface area contributed by atoms with Crippen molar-refractivity contribution in [2.75, 3.05) is 0 Å². The minimum Gasteiger partial charge on any atom is -0.307 e. The van der Waals surface area contributed by atoms with Crippen LogP contribution in [0.3, 0.4) is 0 Å². The Labute approximate surface area is 387 Å². The van der Waals surface area contributed by atoms with Gasteiger partial charge in [-0.15, -0.1) is 11.3 Å². The van der Waals surface area contributed by atoms with Gasteiger partial charge in [0.25, 0.3) is 0 Å². The number of aromatic nitrogens is 3. The maximum atomic E-state index is 5.55. The van der Waals surface area contributed by atoms with Gasteiger partial charge in [0.2, 0.25) is 0 Å². The van der Waals surface area contributed by atoms with E-state index in [0.29, 0.717) is 0 Å². The van der Waals surface area contributed by atoms with E-state index >= 15 is 0 Å². The molecular weight excluding hydrogens is 807 g/mol. The largest absolute Gasteiger partial charge is 0.307 e. The molecule has 1 aliphatic heterocycles. The molecule has 0 N–H and O–H groups in total. The molecule has 0 spiro atoms. The van der Waals surface area contributed by atoms with Crippen molar-refractivity contribution < 1.29 is 0 Å². The summed E-state index contributed by atoms with van der Waals surface area (Å²) < 4.78 is 5.02. The van der Waals surface area contributed by atoms with E-state index in [9.17, 15) is 0 Å². The second kappa shape index (κ2) is 14.3. The molecule has 0 fully saturated rings. The molecule has 0 unspecified atom stereocenters. The first kappa shape index (κ1) is 41.4. The highest BCUT2D eigenvalue weighted by Gasteiger charge is 2.36. The molecule has 7 aromatic carbocycles. The molecule has 11 rings (SSSR count). The van der Waals surface area contributed by atoms with Crippen LogP contribution in [0, 0.1) is 0 Å². The van der Waals surface area contributed by atoms with Crippen molar-refractivity contribution in [1.82, 2.24) is 14.5 Å². The van der Waals surface area contributed by atoms with E-state index in [1.807, 2.05) is 0 Å². The highest BCUT2D eigenvalue weighted by atomic mass is 32.1. The van der Waals surface area contributed by atoms with E-state index in [1.165, 1.54) is 76.7 Å². The van der Waals surface area contributed by atoms with Crippen LogP contribution in [0.25, 0.3) is 92.7 Å². The highest BCUT2D eigenvalue weighted by Crippen LogP contribution is 2.52. The Kier molecular flexibility index (Phi) is 9.11. The maximum Gasteiger partial charge on any atom is 0.160 e. The van der Waals surface area contributed by atoms with Crippen LogP contribution >= 0.6 is 11.3 Å². The molecule has 1 aliphatic rings. The number of thiophene rings is 1. The van der Waals surface area contributed by atoms with E-state index in [2.05, 4.69) is 226 Å². The Morgan fingerprint density at radius 3 is 1.74 bits per heavy atom.